The van der Waals surface area contributed by atoms with Crippen molar-refractivity contribution in [3.8, 4) is 23.1 Å². The standard InChI is InChI=1S/C19H15F4N5O6/c1-27-14(19(21,22)23)5-15(29)28(18(27)31)11-4-12(10(24)3-9(11)20)34-13-6-25-8-26-17(13)33-7-16(30)32-2/h3-6,8H,7,24H2,1-2H3. The molecule has 0 aliphatic carbocycles. The maximum Gasteiger partial charge on any atom is 0.431 e. The number of hydrogen-bond acceptors (Lipinski definition) is 9. The Balaban J connectivity index is 2.08. The number of ether oxygens (including phenoxy) is 3. The van der Waals surface area contributed by atoms with Gasteiger partial charge in [-0.15, -0.1) is 0 Å². The molecule has 0 bridgehead atoms. The fraction of sp³-hybridized carbons (Fsp3) is 0.211. The van der Waals surface area contributed by atoms with Crippen molar-refractivity contribution in [2.75, 3.05) is 19.5 Å². The molecule has 0 radical (unpaired) electrons. The quantitative estimate of drug-likeness (QED) is 0.312. The zero-order valence-electron chi connectivity index (χ0n) is 17.4. The summed E-state index contributed by atoms with van der Waals surface area (Å²) in [5.41, 5.74) is 0.320. The number of benzene rings is 1. The van der Waals surface area contributed by atoms with E-state index in [1.165, 1.54) is 0 Å². The molecule has 0 aliphatic heterocycles. The lowest BCUT2D eigenvalue weighted by Gasteiger charge is -2.16. The van der Waals surface area contributed by atoms with E-state index in [0.717, 1.165) is 32.7 Å². The van der Waals surface area contributed by atoms with Crippen LogP contribution in [0.3, 0.4) is 0 Å². The molecule has 0 aliphatic rings. The number of hydrogen-bond donors (Lipinski definition) is 1. The van der Waals surface area contributed by atoms with Crippen molar-refractivity contribution in [3.05, 3.63) is 63.1 Å². The third-order valence-electron chi connectivity index (χ3n) is 4.35. The van der Waals surface area contributed by atoms with E-state index in [1.807, 2.05) is 0 Å². The highest BCUT2D eigenvalue weighted by Crippen LogP contribution is 2.34. The molecule has 15 heteroatoms. The van der Waals surface area contributed by atoms with E-state index in [2.05, 4.69) is 14.7 Å². The highest BCUT2D eigenvalue weighted by atomic mass is 19.4. The summed E-state index contributed by atoms with van der Waals surface area (Å²) in [5.74, 6) is -2.65. The van der Waals surface area contributed by atoms with Gasteiger partial charge in [0.1, 0.15) is 17.8 Å². The fourth-order valence-corrected chi connectivity index (χ4v) is 2.73. The van der Waals surface area contributed by atoms with Gasteiger partial charge in [0.15, 0.2) is 12.4 Å². The first kappa shape index (κ1) is 24.2. The van der Waals surface area contributed by atoms with Gasteiger partial charge in [-0.25, -0.2) is 23.5 Å². The van der Waals surface area contributed by atoms with Crippen LogP contribution in [0.15, 0.2) is 40.3 Å². The Bertz CT molecular complexity index is 1370. The molecule has 1 aromatic carbocycles. The number of methoxy groups -OCH3 is 1. The number of carbonyl (C=O) groups is 1. The lowest BCUT2D eigenvalue weighted by Crippen LogP contribution is -2.41. The predicted molar refractivity (Wildman–Crippen MR) is 106 cm³/mol. The monoisotopic (exact) mass is 485 g/mol. The normalized spacial score (nSPS) is 11.2. The number of nitrogens with two attached hydrogens (primary N) is 1. The Labute approximate surface area is 186 Å². The smallest absolute Gasteiger partial charge is 0.431 e. The zero-order chi connectivity index (χ0) is 25.2. The number of esters is 1. The highest BCUT2D eigenvalue weighted by Gasteiger charge is 2.35. The number of alkyl halides is 3. The van der Waals surface area contributed by atoms with E-state index in [-0.39, 0.29) is 38.3 Å². The van der Waals surface area contributed by atoms with Crippen molar-refractivity contribution >= 4 is 11.7 Å². The molecular weight excluding hydrogens is 470 g/mol. The minimum atomic E-state index is -4.99. The Morgan fingerprint density at radius 2 is 1.88 bits per heavy atom. The summed E-state index contributed by atoms with van der Waals surface area (Å²) in [7, 11) is 1.91. The summed E-state index contributed by atoms with van der Waals surface area (Å²) < 4.78 is 69.4. The molecule has 3 aromatic rings. The summed E-state index contributed by atoms with van der Waals surface area (Å²) >= 11 is 0. The van der Waals surface area contributed by atoms with E-state index < -0.39 is 47.2 Å². The largest absolute Gasteiger partial charge is 0.466 e. The minimum absolute atomic E-state index is 0.154. The van der Waals surface area contributed by atoms with E-state index in [1.54, 1.807) is 0 Å². The highest BCUT2D eigenvalue weighted by molar-refractivity contribution is 5.71. The number of anilines is 1. The summed E-state index contributed by atoms with van der Waals surface area (Å²) in [6, 6.07) is 1.69. The Morgan fingerprint density at radius 3 is 2.53 bits per heavy atom. The van der Waals surface area contributed by atoms with Crippen LogP contribution >= 0.6 is 0 Å². The van der Waals surface area contributed by atoms with Crippen LogP contribution in [0.4, 0.5) is 23.2 Å². The van der Waals surface area contributed by atoms with Gasteiger partial charge in [-0.2, -0.15) is 18.2 Å². The second-order valence-corrected chi connectivity index (χ2v) is 6.54. The second kappa shape index (κ2) is 9.21. The average molecular weight is 485 g/mol. The van der Waals surface area contributed by atoms with Crippen LogP contribution in [0, 0.1) is 5.82 Å². The van der Waals surface area contributed by atoms with Crippen molar-refractivity contribution in [1.29, 1.82) is 0 Å². The van der Waals surface area contributed by atoms with Crippen LogP contribution in [0.25, 0.3) is 5.69 Å². The molecule has 0 saturated heterocycles. The molecule has 2 aromatic heterocycles. The van der Waals surface area contributed by atoms with Crippen LogP contribution in [0.2, 0.25) is 0 Å². The van der Waals surface area contributed by atoms with Gasteiger partial charge in [0, 0.05) is 25.2 Å². The summed E-state index contributed by atoms with van der Waals surface area (Å²) in [4.78, 5) is 43.6. The maximum absolute atomic E-state index is 14.6. The van der Waals surface area contributed by atoms with Crippen LogP contribution in [0.5, 0.6) is 17.4 Å². The zero-order valence-corrected chi connectivity index (χ0v) is 17.4. The van der Waals surface area contributed by atoms with Crippen molar-refractivity contribution in [2.45, 2.75) is 6.18 Å². The summed E-state index contributed by atoms with van der Waals surface area (Å²) in [5, 5.41) is 0. The second-order valence-electron chi connectivity index (χ2n) is 6.54. The molecule has 0 fully saturated rings. The first-order valence-corrected chi connectivity index (χ1v) is 9.11. The van der Waals surface area contributed by atoms with Crippen molar-refractivity contribution < 1.29 is 36.6 Å². The summed E-state index contributed by atoms with van der Waals surface area (Å²) in [6.45, 7) is -0.537. The number of halogens is 4. The van der Waals surface area contributed by atoms with Gasteiger partial charge in [-0.1, -0.05) is 0 Å². The van der Waals surface area contributed by atoms with Gasteiger partial charge >= 0.3 is 17.8 Å². The van der Waals surface area contributed by atoms with Gasteiger partial charge in [0.25, 0.3) is 11.4 Å². The van der Waals surface area contributed by atoms with Crippen LogP contribution in [-0.2, 0) is 22.8 Å². The Morgan fingerprint density at radius 1 is 1.18 bits per heavy atom. The summed E-state index contributed by atoms with van der Waals surface area (Å²) in [6.07, 6.45) is -2.80. The molecule has 0 amide bonds. The van der Waals surface area contributed by atoms with E-state index in [0.29, 0.717) is 6.07 Å². The number of aromatic nitrogens is 4. The molecule has 34 heavy (non-hydrogen) atoms. The molecule has 2 heterocycles. The van der Waals surface area contributed by atoms with Crippen molar-refractivity contribution in [1.82, 2.24) is 19.1 Å². The van der Waals surface area contributed by atoms with Crippen LogP contribution in [-0.4, -0.2) is 38.8 Å². The molecule has 2 N–H and O–H groups in total. The molecular formula is C19H15F4N5O6. The topological polar surface area (TPSA) is 141 Å². The SMILES string of the molecule is COC(=O)COc1ncncc1Oc1cc(-n2c(=O)cc(C(F)(F)F)n(C)c2=O)c(F)cc1N. The molecule has 3 rings (SSSR count). The molecule has 180 valence electrons. The Hall–Kier alpha value is -4.43. The minimum Gasteiger partial charge on any atom is -0.466 e. The molecule has 0 saturated carbocycles. The Kier molecular flexibility index (Phi) is 6.56. The average Bonchev–Trinajstić information content (AvgIpc) is 2.77. The van der Waals surface area contributed by atoms with Gasteiger partial charge in [-0.3, -0.25) is 9.36 Å². The van der Waals surface area contributed by atoms with Gasteiger partial charge in [0.2, 0.25) is 5.75 Å². The molecule has 0 atom stereocenters. The maximum atomic E-state index is 14.6. The van der Waals surface area contributed by atoms with Gasteiger partial charge < -0.3 is 19.9 Å². The first-order valence-electron chi connectivity index (χ1n) is 9.11. The van der Waals surface area contributed by atoms with Gasteiger partial charge in [0.05, 0.1) is 24.7 Å². The fourth-order valence-electron chi connectivity index (χ4n) is 2.73. The van der Waals surface area contributed by atoms with E-state index in [9.17, 15) is 31.9 Å². The van der Waals surface area contributed by atoms with Crippen LogP contribution < -0.4 is 26.5 Å². The third kappa shape index (κ3) is 4.82. The number of carbonyl (C=O) groups excluding carboxylic acids is 1. The van der Waals surface area contributed by atoms with Crippen molar-refractivity contribution in [2.24, 2.45) is 7.05 Å². The molecule has 0 spiro atoms. The van der Waals surface area contributed by atoms with E-state index in [4.69, 9.17) is 15.2 Å². The van der Waals surface area contributed by atoms with Gasteiger partial charge in [-0.05, 0) is 0 Å². The number of nitrogens with zero attached hydrogens (tertiary/aromatic N) is 4. The predicted octanol–water partition coefficient (Wildman–Crippen LogP) is 1.41. The first-order chi connectivity index (χ1) is 15.9. The lowest BCUT2D eigenvalue weighted by molar-refractivity contribution is -0.144. The third-order valence-corrected chi connectivity index (χ3v) is 4.35. The van der Waals surface area contributed by atoms with Crippen molar-refractivity contribution in [3.63, 3.8) is 0 Å². The molecule has 0 unspecified atom stereocenters. The number of rotatable bonds is 6. The van der Waals surface area contributed by atoms with Crippen LogP contribution in [0.1, 0.15) is 5.69 Å². The molecule has 11 nitrogen and oxygen atoms in total. The lowest BCUT2D eigenvalue weighted by atomic mass is 10.2. The van der Waals surface area contributed by atoms with E-state index >= 15 is 0 Å². The number of nitrogen functional groups attached to an aromatic ring is 1.